The molecule has 1 aliphatic carbocycles. The summed E-state index contributed by atoms with van der Waals surface area (Å²) >= 11 is 1.27. The summed E-state index contributed by atoms with van der Waals surface area (Å²) in [6, 6.07) is 0. The molecule has 0 aromatic carbocycles. The number of aryl methyl sites for hydroxylation is 1. The molecule has 0 fully saturated rings. The number of carboxylic acid groups (broad SMARTS) is 1. The molecule has 0 atom stereocenters. The van der Waals surface area contributed by atoms with Gasteiger partial charge < -0.3 is 9.67 Å². The van der Waals surface area contributed by atoms with Gasteiger partial charge in [-0.25, -0.2) is 0 Å². The number of aromatic nitrogens is 1. The van der Waals surface area contributed by atoms with Gasteiger partial charge in [-0.15, -0.1) is 0 Å². The van der Waals surface area contributed by atoms with Gasteiger partial charge in [-0.2, -0.15) is 0 Å². The first-order chi connectivity index (χ1) is 7.42. The van der Waals surface area contributed by atoms with Crippen LogP contribution in [0.5, 0.6) is 0 Å². The number of rotatable bonds is 3. The summed E-state index contributed by atoms with van der Waals surface area (Å²) in [4.78, 5) is 23.4. The first kappa shape index (κ1) is 11.4. The third-order valence-corrected chi connectivity index (χ3v) is 4.17. The molecule has 0 spiro atoms. The molecule has 2 rings (SSSR count). The van der Waals surface area contributed by atoms with Gasteiger partial charge in [0.25, 0.3) is 0 Å². The Hall–Kier alpha value is -1.10. The van der Waals surface area contributed by atoms with Crippen LogP contribution in [0.4, 0.5) is 0 Å². The monoisotopic (exact) mass is 241 g/mol. The maximum absolute atomic E-state index is 11.7. The molecular formula is C11H15NO3S. The van der Waals surface area contributed by atoms with Gasteiger partial charge in [0, 0.05) is 22.5 Å². The summed E-state index contributed by atoms with van der Waals surface area (Å²) in [6.07, 6.45) is 2.00. The highest BCUT2D eigenvalue weighted by Gasteiger charge is 2.35. The predicted molar refractivity (Wildman–Crippen MR) is 62.2 cm³/mol. The fraction of sp³-hybridized carbons (Fsp3) is 0.636. The lowest BCUT2D eigenvalue weighted by Crippen LogP contribution is -2.25. The van der Waals surface area contributed by atoms with E-state index in [4.69, 9.17) is 5.11 Å². The highest BCUT2D eigenvalue weighted by Crippen LogP contribution is 2.39. The normalized spacial score (nSPS) is 17.4. The van der Waals surface area contributed by atoms with Crippen LogP contribution in [0.25, 0.3) is 0 Å². The quantitative estimate of drug-likeness (QED) is 0.874. The van der Waals surface area contributed by atoms with Crippen molar-refractivity contribution in [2.24, 2.45) is 0 Å². The van der Waals surface area contributed by atoms with Crippen LogP contribution < -0.4 is 4.87 Å². The second-order valence-electron chi connectivity index (χ2n) is 4.82. The van der Waals surface area contributed by atoms with Crippen molar-refractivity contribution in [3.8, 4) is 0 Å². The van der Waals surface area contributed by atoms with Crippen LogP contribution in [0.3, 0.4) is 0 Å². The van der Waals surface area contributed by atoms with Crippen molar-refractivity contribution in [2.45, 2.75) is 45.1 Å². The Morgan fingerprint density at radius 2 is 2.25 bits per heavy atom. The highest BCUT2D eigenvalue weighted by atomic mass is 32.1. The lowest BCUT2D eigenvalue weighted by molar-refractivity contribution is -0.137. The molecule has 1 heterocycles. The molecule has 0 saturated heterocycles. The Morgan fingerprint density at radius 3 is 2.88 bits per heavy atom. The van der Waals surface area contributed by atoms with E-state index in [-0.39, 0.29) is 16.7 Å². The lowest BCUT2D eigenvalue weighted by atomic mass is 9.90. The standard InChI is InChI=1S/C11H15NO3S/c1-11(2)5-3-7-9(11)12(10(15)16-7)6-4-8(13)14/h3-6H2,1-2H3,(H,13,14). The second-order valence-corrected chi connectivity index (χ2v) is 5.87. The van der Waals surface area contributed by atoms with Gasteiger partial charge in [0.2, 0.25) is 0 Å². The second kappa shape index (κ2) is 3.73. The molecule has 4 nitrogen and oxygen atoms in total. The number of hydrogen-bond acceptors (Lipinski definition) is 3. The first-order valence-corrected chi connectivity index (χ1v) is 6.18. The molecular weight excluding hydrogens is 226 g/mol. The molecule has 1 aromatic rings. The third kappa shape index (κ3) is 1.80. The van der Waals surface area contributed by atoms with Gasteiger partial charge in [0.1, 0.15) is 0 Å². The van der Waals surface area contributed by atoms with Crippen molar-refractivity contribution < 1.29 is 9.90 Å². The van der Waals surface area contributed by atoms with Crippen LogP contribution in [0.1, 0.15) is 37.3 Å². The van der Waals surface area contributed by atoms with Crippen molar-refractivity contribution in [2.75, 3.05) is 0 Å². The van der Waals surface area contributed by atoms with E-state index in [2.05, 4.69) is 13.8 Å². The number of aliphatic carboxylic acids is 1. The highest BCUT2D eigenvalue weighted by molar-refractivity contribution is 7.09. The summed E-state index contributed by atoms with van der Waals surface area (Å²) < 4.78 is 1.65. The van der Waals surface area contributed by atoms with Gasteiger partial charge in [-0.1, -0.05) is 25.2 Å². The molecule has 88 valence electrons. The van der Waals surface area contributed by atoms with Crippen molar-refractivity contribution in [3.05, 3.63) is 20.2 Å². The molecule has 0 bridgehead atoms. The smallest absolute Gasteiger partial charge is 0.307 e. The molecule has 5 heteroatoms. The Labute approximate surface area is 97.5 Å². The van der Waals surface area contributed by atoms with Crippen LogP contribution >= 0.6 is 11.3 Å². The molecule has 0 aliphatic heterocycles. The summed E-state index contributed by atoms with van der Waals surface area (Å²) in [5.74, 6) is -0.859. The van der Waals surface area contributed by atoms with Gasteiger partial charge >= 0.3 is 10.8 Å². The SMILES string of the molecule is CC1(C)CCc2sc(=O)n(CCC(=O)O)c21. The number of carboxylic acids is 1. The Bertz CT molecular complexity index is 484. The summed E-state index contributed by atoms with van der Waals surface area (Å²) in [5.41, 5.74) is 1.07. The minimum absolute atomic E-state index is 0.00694. The lowest BCUT2D eigenvalue weighted by Gasteiger charge is -2.20. The Kier molecular flexibility index (Phi) is 2.66. The maximum atomic E-state index is 11.7. The Morgan fingerprint density at radius 1 is 1.56 bits per heavy atom. The predicted octanol–water partition coefficient (Wildman–Crippen LogP) is 1.61. The zero-order valence-electron chi connectivity index (χ0n) is 9.45. The topological polar surface area (TPSA) is 59.3 Å². The number of thiazole rings is 1. The molecule has 0 radical (unpaired) electrons. The van der Waals surface area contributed by atoms with Gasteiger partial charge in [0.05, 0.1) is 6.42 Å². The van der Waals surface area contributed by atoms with E-state index in [1.807, 2.05) is 0 Å². The van der Waals surface area contributed by atoms with Crippen LogP contribution in [-0.4, -0.2) is 15.6 Å². The molecule has 16 heavy (non-hydrogen) atoms. The number of carbonyl (C=O) groups is 1. The maximum Gasteiger partial charge on any atom is 0.307 e. The number of nitrogens with zero attached hydrogens (tertiary/aromatic N) is 1. The summed E-state index contributed by atoms with van der Waals surface area (Å²) in [5, 5.41) is 8.67. The molecule has 1 aliphatic rings. The van der Waals surface area contributed by atoms with Crippen LogP contribution in [0, 0.1) is 0 Å². The van der Waals surface area contributed by atoms with Crippen molar-refractivity contribution in [3.63, 3.8) is 0 Å². The summed E-state index contributed by atoms with van der Waals surface area (Å²) in [7, 11) is 0. The van der Waals surface area contributed by atoms with E-state index >= 15 is 0 Å². The average molecular weight is 241 g/mol. The van der Waals surface area contributed by atoms with E-state index in [0.717, 1.165) is 23.4 Å². The largest absolute Gasteiger partial charge is 0.481 e. The van der Waals surface area contributed by atoms with E-state index in [1.165, 1.54) is 11.3 Å². The van der Waals surface area contributed by atoms with Crippen LogP contribution in [-0.2, 0) is 23.2 Å². The minimum Gasteiger partial charge on any atom is -0.481 e. The zero-order chi connectivity index (χ0) is 11.9. The van der Waals surface area contributed by atoms with E-state index in [0.29, 0.717) is 6.54 Å². The van der Waals surface area contributed by atoms with Crippen molar-refractivity contribution >= 4 is 17.3 Å². The van der Waals surface area contributed by atoms with E-state index < -0.39 is 5.97 Å². The molecule has 0 amide bonds. The van der Waals surface area contributed by atoms with Gasteiger partial charge in [-0.05, 0) is 12.8 Å². The number of hydrogen-bond donors (Lipinski definition) is 1. The van der Waals surface area contributed by atoms with Crippen LogP contribution in [0.2, 0.25) is 0 Å². The third-order valence-electron chi connectivity index (χ3n) is 3.13. The molecule has 1 N–H and O–H groups in total. The van der Waals surface area contributed by atoms with Crippen LogP contribution in [0.15, 0.2) is 4.79 Å². The van der Waals surface area contributed by atoms with Crippen molar-refractivity contribution in [1.82, 2.24) is 4.57 Å². The first-order valence-electron chi connectivity index (χ1n) is 5.36. The molecule has 0 saturated carbocycles. The fourth-order valence-electron chi connectivity index (χ4n) is 2.32. The van der Waals surface area contributed by atoms with E-state index in [1.54, 1.807) is 4.57 Å². The number of fused-ring (bicyclic) bond motifs is 1. The minimum atomic E-state index is -0.859. The average Bonchev–Trinajstić information content (AvgIpc) is 2.62. The molecule has 0 unspecified atom stereocenters. The fourth-order valence-corrected chi connectivity index (χ4v) is 3.51. The zero-order valence-corrected chi connectivity index (χ0v) is 10.3. The van der Waals surface area contributed by atoms with Crippen molar-refractivity contribution in [1.29, 1.82) is 0 Å². The summed E-state index contributed by atoms with van der Waals surface area (Å²) in [6.45, 7) is 4.52. The Balaban J connectivity index is 2.39. The van der Waals surface area contributed by atoms with Gasteiger partial charge in [0.15, 0.2) is 0 Å². The van der Waals surface area contributed by atoms with Gasteiger partial charge in [-0.3, -0.25) is 9.59 Å². The van der Waals surface area contributed by atoms with E-state index in [9.17, 15) is 9.59 Å². The molecule has 1 aromatic heterocycles.